The van der Waals surface area contributed by atoms with Crippen molar-refractivity contribution < 1.29 is 17.7 Å². The standard InChI is InChI=1S/C16H22N2O4S/c1-11(14-17-15(18-22-14)16(2,3)4)23(19,20)10-12-8-6-7-9-13(12)21-5/h6-9,11H,10H2,1-5H3. The lowest BCUT2D eigenvalue weighted by molar-refractivity contribution is 0.361. The largest absolute Gasteiger partial charge is 0.496 e. The topological polar surface area (TPSA) is 82.3 Å². The maximum Gasteiger partial charge on any atom is 0.244 e. The number of ether oxygens (including phenoxy) is 1. The molecular formula is C16H22N2O4S. The molecule has 0 aliphatic heterocycles. The van der Waals surface area contributed by atoms with E-state index in [2.05, 4.69) is 10.1 Å². The number of aromatic nitrogens is 2. The number of sulfone groups is 1. The summed E-state index contributed by atoms with van der Waals surface area (Å²) in [6.07, 6.45) is 0. The lowest BCUT2D eigenvalue weighted by Gasteiger charge is -2.12. The number of benzene rings is 1. The van der Waals surface area contributed by atoms with Crippen LogP contribution in [-0.2, 0) is 21.0 Å². The SMILES string of the molecule is COc1ccccc1CS(=O)(=O)C(C)c1nc(C(C)(C)C)no1. The van der Waals surface area contributed by atoms with Crippen LogP contribution in [-0.4, -0.2) is 25.7 Å². The molecule has 0 aliphatic rings. The first-order chi connectivity index (χ1) is 10.6. The fourth-order valence-corrected chi connectivity index (χ4v) is 3.35. The summed E-state index contributed by atoms with van der Waals surface area (Å²) in [5, 5.41) is 3.01. The Balaban J connectivity index is 2.27. The minimum atomic E-state index is -3.51. The van der Waals surface area contributed by atoms with Crippen molar-refractivity contribution in [3.63, 3.8) is 0 Å². The third-order valence-electron chi connectivity index (χ3n) is 3.55. The second kappa shape index (κ2) is 6.31. The molecule has 0 bridgehead atoms. The van der Waals surface area contributed by atoms with Gasteiger partial charge < -0.3 is 9.26 Å². The van der Waals surface area contributed by atoms with Gasteiger partial charge in [-0.05, 0) is 13.0 Å². The molecule has 0 saturated heterocycles. The zero-order valence-electron chi connectivity index (χ0n) is 14.0. The molecule has 0 amide bonds. The van der Waals surface area contributed by atoms with Gasteiger partial charge in [0, 0.05) is 11.0 Å². The van der Waals surface area contributed by atoms with Crippen LogP contribution in [0, 0.1) is 0 Å². The van der Waals surface area contributed by atoms with Gasteiger partial charge in [-0.3, -0.25) is 0 Å². The molecule has 1 unspecified atom stereocenters. The van der Waals surface area contributed by atoms with Crippen LogP contribution >= 0.6 is 0 Å². The quantitative estimate of drug-likeness (QED) is 0.833. The fraction of sp³-hybridized carbons (Fsp3) is 0.500. The highest BCUT2D eigenvalue weighted by molar-refractivity contribution is 7.90. The summed E-state index contributed by atoms with van der Waals surface area (Å²) in [5.41, 5.74) is 0.311. The molecule has 1 heterocycles. The minimum absolute atomic E-state index is 0.116. The van der Waals surface area contributed by atoms with Gasteiger partial charge in [-0.1, -0.05) is 44.1 Å². The minimum Gasteiger partial charge on any atom is -0.496 e. The number of nitrogens with zero attached hydrogens (tertiary/aromatic N) is 2. The van der Waals surface area contributed by atoms with E-state index in [4.69, 9.17) is 9.26 Å². The average molecular weight is 338 g/mol. The summed E-state index contributed by atoms with van der Waals surface area (Å²) >= 11 is 0. The first kappa shape index (κ1) is 17.5. The van der Waals surface area contributed by atoms with Crippen molar-refractivity contribution in [3.05, 3.63) is 41.5 Å². The molecule has 0 N–H and O–H groups in total. The second-order valence-electron chi connectivity index (χ2n) is 6.47. The van der Waals surface area contributed by atoms with Crippen LogP contribution in [0.4, 0.5) is 0 Å². The molecule has 0 saturated carbocycles. The van der Waals surface area contributed by atoms with E-state index in [-0.39, 0.29) is 17.1 Å². The van der Waals surface area contributed by atoms with E-state index in [1.165, 1.54) is 7.11 Å². The molecule has 7 heteroatoms. The van der Waals surface area contributed by atoms with Gasteiger partial charge in [-0.2, -0.15) is 4.98 Å². The fourth-order valence-electron chi connectivity index (χ4n) is 2.02. The third-order valence-corrected chi connectivity index (χ3v) is 5.54. The number of para-hydroxylation sites is 1. The number of hydrogen-bond donors (Lipinski definition) is 0. The van der Waals surface area contributed by atoms with Gasteiger partial charge in [0.1, 0.15) is 11.0 Å². The molecule has 1 atom stereocenters. The Kier molecular flexibility index (Phi) is 4.79. The van der Waals surface area contributed by atoms with E-state index in [0.717, 1.165) is 0 Å². The van der Waals surface area contributed by atoms with E-state index < -0.39 is 15.1 Å². The first-order valence-corrected chi connectivity index (χ1v) is 9.04. The van der Waals surface area contributed by atoms with Crippen molar-refractivity contribution in [3.8, 4) is 5.75 Å². The van der Waals surface area contributed by atoms with Crippen LogP contribution in [0.15, 0.2) is 28.8 Å². The monoisotopic (exact) mass is 338 g/mol. The Morgan fingerprint density at radius 3 is 2.48 bits per heavy atom. The molecule has 0 spiro atoms. The molecular weight excluding hydrogens is 316 g/mol. The maximum absolute atomic E-state index is 12.6. The summed E-state index contributed by atoms with van der Waals surface area (Å²) < 4.78 is 35.7. The number of hydrogen-bond acceptors (Lipinski definition) is 6. The van der Waals surface area contributed by atoms with Crippen LogP contribution in [0.5, 0.6) is 5.75 Å². The normalized spacial score (nSPS) is 13.8. The molecule has 126 valence electrons. The van der Waals surface area contributed by atoms with E-state index in [0.29, 0.717) is 17.1 Å². The Labute approximate surface area is 136 Å². The van der Waals surface area contributed by atoms with Gasteiger partial charge in [0.2, 0.25) is 5.89 Å². The summed E-state index contributed by atoms with van der Waals surface area (Å²) in [4.78, 5) is 4.24. The molecule has 2 aromatic rings. The predicted molar refractivity (Wildman–Crippen MR) is 87.0 cm³/mol. The van der Waals surface area contributed by atoms with Crippen LogP contribution in [0.1, 0.15) is 50.2 Å². The summed E-state index contributed by atoms with van der Waals surface area (Å²) in [7, 11) is -1.99. The first-order valence-electron chi connectivity index (χ1n) is 7.32. The highest BCUT2D eigenvalue weighted by Crippen LogP contribution is 2.29. The van der Waals surface area contributed by atoms with Crippen molar-refractivity contribution in [2.24, 2.45) is 0 Å². The molecule has 1 aromatic carbocycles. The molecule has 1 aromatic heterocycles. The molecule has 0 radical (unpaired) electrons. The van der Waals surface area contributed by atoms with Crippen LogP contribution in [0.2, 0.25) is 0 Å². The predicted octanol–water partition coefficient (Wildman–Crippen LogP) is 3.05. The smallest absolute Gasteiger partial charge is 0.244 e. The van der Waals surface area contributed by atoms with Gasteiger partial charge in [0.15, 0.2) is 15.7 Å². The van der Waals surface area contributed by atoms with Gasteiger partial charge in [0.25, 0.3) is 0 Å². The van der Waals surface area contributed by atoms with Gasteiger partial charge >= 0.3 is 0 Å². The van der Waals surface area contributed by atoms with Crippen LogP contribution in [0.25, 0.3) is 0 Å². The third kappa shape index (κ3) is 3.90. The van der Waals surface area contributed by atoms with E-state index in [1.807, 2.05) is 20.8 Å². The lowest BCUT2D eigenvalue weighted by atomic mass is 9.96. The van der Waals surface area contributed by atoms with Crippen molar-refractivity contribution in [2.75, 3.05) is 7.11 Å². The average Bonchev–Trinajstić information content (AvgIpc) is 2.96. The van der Waals surface area contributed by atoms with Crippen molar-refractivity contribution in [2.45, 2.75) is 44.1 Å². The molecule has 6 nitrogen and oxygen atoms in total. The number of rotatable bonds is 5. The zero-order chi connectivity index (χ0) is 17.3. The molecule has 0 fully saturated rings. The lowest BCUT2D eigenvalue weighted by Crippen LogP contribution is -2.16. The molecule has 23 heavy (non-hydrogen) atoms. The Bertz CT molecular complexity index is 775. The summed E-state index contributed by atoms with van der Waals surface area (Å²) in [5.74, 6) is 1.01. The molecule has 0 aliphatic carbocycles. The maximum atomic E-state index is 12.6. The Morgan fingerprint density at radius 1 is 1.26 bits per heavy atom. The van der Waals surface area contributed by atoms with Crippen molar-refractivity contribution >= 4 is 9.84 Å². The summed E-state index contributed by atoms with van der Waals surface area (Å²) in [6, 6.07) is 7.05. The van der Waals surface area contributed by atoms with E-state index in [1.54, 1.807) is 31.2 Å². The van der Waals surface area contributed by atoms with Gasteiger partial charge in [-0.15, -0.1) is 0 Å². The Morgan fingerprint density at radius 2 is 1.91 bits per heavy atom. The van der Waals surface area contributed by atoms with E-state index in [9.17, 15) is 8.42 Å². The van der Waals surface area contributed by atoms with Crippen LogP contribution < -0.4 is 4.74 Å². The number of methoxy groups -OCH3 is 1. The second-order valence-corrected chi connectivity index (χ2v) is 8.79. The van der Waals surface area contributed by atoms with Crippen molar-refractivity contribution in [1.29, 1.82) is 0 Å². The van der Waals surface area contributed by atoms with Gasteiger partial charge in [-0.25, -0.2) is 8.42 Å². The van der Waals surface area contributed by atoms with E-state index >= 15 is 0 Å². The Hall–Kier alpha value is -1.89. The highest BCUT2D eigenvalue weighted by Gasteiger charge is 2.31. The van der Waals surface area contributed by atoms with Gasteiger partial charge in [0.05, 0.1) is 12.9 Å². The highest BCUT2D eigenvalue weighted by atomic mass is 32.2. The summed E-state index contributed by atoms with van der Waals surface area (Å²) in [6.45, 7) is 7.38. The van der Waals surface area contributed by atoms with Crippen LogP contribution in [0.3, 0.4) is 0 Å². The molecule has 2 rings (SSSR count). The van der Waals surface area contributed by atoms with Crippen molar-refractivity contribution in [1.82, 2.24) is 10.1 Å². The zero-order valence-corrected chi connectivity index (χ0v) is 14.8.